The predicted octanol–water partition coefficient (Wildman–Crippen LogP) is 17.5. The number of hydrogen-bond acceptors (Lipinski definition) is 6. The first kappa shape index (κ1) is 58.4. The SMILES string of the molecule is CCCCCCCCCCCCCCCCCCCCC(=O)O[C@@H](COC(=O)CCCCCCCCCCCCC)COC(=O)CCCCCCCCCCCCC(C)C. The summed E-state index contributed by atoms with van der Waals surface area (Å²) in [5.41, 5.74) is 0. The Labute approximate surface area is 374 Å². The summed E-state index contributed by atoms with van der Waals surface area (Å²) in [6.07, 6.45) is 50.9. The van der Waals surface area contributed by atoms with Crippen LogP contribution in [0.2, 0.25) is 0 Å². The number of hydrogen-bond donors (Lipinski definition) is 0. The number of esters is 3. The van der Waals surface area contributed by atoms with Crippen molar-refractivity contribution in [1.29, 1.82) is 0 Å². The van der Waals surface area contributed by atoms with Crippen molar-refractivity contribution in [3.63, 3.8) is 0 Å². The highest BCUT2D eigenvalue weighted by Crippen LogP contribution is 2.17. The number of carbonyl (C=O) groups excluding carboxylic acids is 3. The largest absolute Gasteiger partial charge is 0.462 e. The molecule has 60 heavy (non-hydrogen) atoms. The molecule has 1 atom stereocenters. The minimum absolute atomic E-state index is 0.0628. The van der Waals surface area contributed by atoms with Crippen LogP contribution in [0.5, 0.6) is 0 Å². The monoisotopic (exact) mass is 849 g/mol. The van der Waals surface area contributed by atoms with Crippen molar-refractivity contribution >= 4 is 17.9 Å². The molecular formula is C54H104O6. The summed E-state index contributed by atoms with van der Waals surface area (Å²) in [6, 6.07) is 0. The molecule has 0 radical (unpaired) electrons. The van der Waals surface area contributed by atoms with Gasteiger partial charge in [0.1, 0.15) is 13.2 Å². The molecule has 0 amide bonds. The third-order valence-electron chi connectivity index (χ3n) is 12.3. The lowest BCUT2D eigenvalue weighted by atomic mass is 10.0. The van der Waals surface area contributed by atoms with Crippen molar-refractivity contribution in [2.75, 3.05) is 13.2 Å². The number of rotatable bonds is 49. The maximum Gasteiger partial charge on any atom is 0.306 e. The molecule has 0 aliphatic heterocycles. The second-order valence-electron chi connectivity index (χ2n) is 19.0. The first-order valence-electron chi connectivity index (χ1n) is 26.9. The van der Waals surface area contributed by atoms with Crippen molar-refractivity contribution in [3.05, 3.63) is 0 Å². The fourth-order valence-corrected chi connectivity index (χ4v) is 8.22. The van der Waals surface area contributed by atoms with E-state index in [0.29, 0.717) is 19.3 Å². The molecule has 0 aliphatic carbocycles. The lowest BCUT2D eigenvalue weighted by Gasteiger charge is -2.18. The zero-order chi connectivity index (χ0) is 43.8. The Morgan fingerprint density at radius 3 is 0.817 bits per heavy atom. The second-order valence-corrected chi connectivity index (χ2v) is 19.0. The quantitative estimate of drug-likeness (QED) is 0.0345. The zero-order valence-corrected chi connectivity index (χ0v) is 40.9. The van der Waals surface area contributed by atoms with Crippen molar-refractivity contribution in [2.24, 2.45) is 5.92 Å². The van der Waals surface area contributed by atoms with Crippen LogP contribution >= 0.6 is 0 Å². The van der Waals surface area contributed by atoms with E-state index in [1.807, 2.05) is 0 Å². The summed E-state index contributed by atoms with van der Waals surface area (Å²) in [4.78, 5) is 38.0. The molecule has 0 aliphatic rings. The van der Waals surface area contributed by atoms with Crippen molar-refractivity contribution < 1.29 is 28.6 Å². The van der Waals surface area contributed by atoms with Gasteiger partial charge in [0.15, 0.2) is 6.10 Å². The van der Waals surface area contributed by atoms with Gasteiger partial charge in [0.05, 0.1) is 0 Å². The van der Waals surface area contributed by atoms with Crippen LogP contribution in [-0.2, 0) is 28.6 Å². The van der Waals surface area contributed by atoms with E-state index < -0.39 is 6.10 Å². The molecule has 0 rings (SSSR count). The number of unbranched alkanes of at least 4 members (excludes halogenated alkanes) is 36. The van der Waals surface area contributed by atoms with Gasteiger partial charge in [-0.2, -0.15) is 0 Å². The van der Waals surface area contributed by atoms with Gasteiger partial charge in [0.2, 0.25) is 0 Å². The number of carbonyl (C=O) groups is 3. The average Bonchev–Trinajstić information content (AvgIpc) is 3.23. The Bertz CT molecular complexity index is 903. The highest BCUT2D eigenvalue weighted by Gasteiger charge is 2.19. The molecule has 356 valence electrons. The van der Waals surface area contributed by atoms with Crippen LogP contribution in [0.1, 0.15) is 304 Å². The molecule has 0 saturated carbocycles. The van der Waals surface area contributed by atoms with Gasteiger partial charge < -0.3 is 14.2 Å². The minimum Gasteiger partial charge on any atom is -0.462 e. The minimum atomic E-state index is -0.761. The fraction of sp³-hybridized carbons (Fsp3) is 0.944. The van der Waals surface area contributed by atoms with Crippen molar-refractivity contribution in [3.8, 4) is 0 Å². The van der Waals surface area contributed by atoms with E-state index in [9.17, 15) is 14.4 Å². The van der Waals surface area contributed by atoms with E-state index in [-0.39, 0.29) is 31.1 Å². The molecule has 0 aromatic heterocycles. The maximum atomic E-state index is 12.8. The zero-order valence-electron chi connectivity index (χ0n) is 40.9. The fourth-order valence-electron chi connectivity index (χ4n) is 8.22. The molecule has 6 heteroatoms. The van der Waals surface area contributed by atoms with Gasteiger partial charge in [-0.3, -0.25) is 14.4 Å². The van der Waals surface area contributed by atoms with Gasteiger partial charge in [-0.25, -0.2) is 0 Å². The van der Waals surface area contributed by atoms with Crippen molar-refractivity contribution in [2.45, 2.75) is 310 Å². The van der Waals surface area contributed by atoms with Crippen LogP contribution in [0, 0.1) is 5.92 Å². The lowest BCUT2D eigenvalue weighted by Crippen LogP contribution is -2.30. The summed E-state index contributed by atoms with van der Waals surface area (Å²) in [5.74, 6) is -0.0245. The van der Waals surface area contributed by atoms with E-state index >= 15 is 0 Å². The molecule has 0 fully saturated rings. The van der Waals surface area contributed by atoms with Crippen LogP contribution in [0.3, 0.4) is 0 Å². The standard InChI is InChI=1S/C54H104O6/c1-5-7-9-11-13-15-17-18-19-20-21-22-23-25-31-35-39-43-47-54(57)60-51(48-58-52(55)45-41-37-33-29-24-16-14-12-10-8-6-2)49-59-53(56)46-42-38-34-30-27-26-28-32-36-40-44-50(3)4/h50-51H,5-49H2,1-4H3/t51-/m0/s1. The summed E-state index contributed by atoms with van der Waals surface area (Å²) < 4.78 is 16.8. The molecule has 0 heterocycles. The third-order valence-corrected chi connectivity index (χ3v) is 12.3. The average molecular weight is 849 g/mol. The van der Waals surface area contributed by atoms with E-state index in [0.717, 1.165) is 63.7 Å². The Hall–Kier alpha value is -1.59. The molecule has 6 nitrogen and oxygen atoms in total. The Morgan fingerprint density at radius 2 is 0.550 bits per heavy atom. The van der Waals surface area contributed by atoms with Gasteiger partial charge in [-0.15, -0.1) is 0 Å². The van der Waals surface area contributed by atoms with Crippen LogP contribution in [0.4, 0.5) is 0 Å². The van der Waals surface area contributed by atoms with Gasteiger partial charge in [-0.1, -0.05) is 265 Å². The Balaban J connectivity index is 4.27. The first-order chi connectivity index (χ1) is 29.4. The van der Waals surface area contributed by atoms with Gasteiger partial charge in [0.25, 0.3) is 0 Å². The van der Waals surface area contributed by atoms with Crippen LogP contribution in [-0.4, -0.2) is 37.2 Å². The summed E-state index contributed by atoms with van der Waals surface area (Å²) in [6.45, 7) is 9.02. The molecule has 0 saturated heterocycles. The number of ether oxygens (including phenoxy) is 3. The predicted molar refractivity (Wildman–Crippen MR) is 257 cm³/mol. The first-order valence-corrected chi connectivity index (χ1v) is 26.9. The summed E-state index contributed by atoms with van der Waals surface area (Å²) >= 11 is 0. The topological polar surface area (TPSA) is 78.9 Å². The molecule has 0 spiro atoms. The van der Waals surface area contributed by atoms with Crippen molar-refractivity contribution in [1.82, 2.24) is 0 Å². The van der Waals surface area contributed by atoms with Crippen LogP contribution in [0.15, 0.2) is 0 Å². The van der Waals surface area contributed by atoms with Gasteiger partial charge in [0, 0.05) is 19.3 Å². The van der Waals surface area contributed by atoms with Crippen LogP contribution < -0.4 is 0 Å². The van der Waals surface area contributed by atoms with Crippen LogP contribution in [0.25, 0.3) is 0 Å². The highest BCUT2D eigenvalue weighted by atomic mass is 16.6. The molecule has 0 aromatic rings. The molecular weight excluding hydrogens is 745 g/mol. The van der Waals surface area contributed by atoms with E-state index in [1.54, 1.807) is 0 Å². The van der Waals surface area contributed by atoms with Gasteiger partial charge in [-0.05, 0) is 25.2 Å². The lowest BCUT2D eigenvalue weighted by molar-refractivity contribution is -0.167. The molecule has 0 bridgehead atoms. The van der Waals surface area contributed by atoms with Gasteiger partial charge >= 0.3 is 17.9 Å². The third kappa shape index (κ3) is 47.5. The molecule has 0 unspecified atom stereocenters. The smallest absolute Gasteiger partial charge is 0.306 e. The summed E-state index contributed by atoms with van der Waals surface area (Å²) in [5, 5.41) is 0. The van der Waals surface area contributed by atoms with E-state index in [4.69, 9.17) is 14.2 Å². The normalized spacial score (nSPS) is 11.9. The Morgan fingerprint density at radius 1 is 0.317 bits per heavy atom. The second kappa shape index (κ2) is 48.4. The van der Waals surface area contributed by atoms with E-state index in [1.165, 1.54) is 199 Å². The molecule has 0 N–H and O–H groups in total. The Kier molecular flexibility index (Phi) is 47.2. The molecule has 0 aromatic carbocycles. The summed E-state index contributed by atoms with van der Waals surface area (Å²) in [7, 11) is 0. The maximum absolute atomic E-state index is 12.8. The highest BCUT2D eigenvalue weighted by molar-refractivity contribution is 5.71. The van der Waals surface area contributed by atoms with E-state index in [2.05, 4.69) is 27.7 Å².